The number of anilines is 1. The number of methoxy groups -OCH3 is 3. The van der Waals surface area contributed by atoms with Gasteiger partial charge in [-0.1, -0.05) is 30.0 Å². The SMILES string of the molecule is COc1ccc(C2Oc3nc(SC)nnc3-c3ccccc3N2C(C)=O)c(OC)c1OC. The van der Waals surface area contributed by atoms with Gasteiger partial charge < -0.3 is 18.9 Å². The zero-order chi connectivity index (χ0) is 22.8. The summed E-state index contributed by atoms with van der Waals surface area (Å²) in [5.74, 6) is 1.30. The lowest BCUT2D eigenvalue weighted by molar-refractivity contribution is -0.118. The Bertz CT molecular complexity index is 1170. The number of aromatic nitrogens is 3. The third kappa shape index (κ3) is 3.56. The molecule has 4 rings (SSSR count). The summed E-state index contributed by atoms with van der Waals surface area (Å²) in [4.78, 5) is 19.0. The van der Waals surface area contributed by atoms with Crippen LogP contribution in [0.3, 0.4) is 0 Å². The van der Waals surface area contributed by atoms with Gasteiger partial charge in [0.2, 0.25) is 28.9 Å². The zero-order valence-electron chi connectivity index (χ0n) is 18.3. The first kappa shape index (κ1) is 21.7. The number of hydrogen-bond acceptors (Lipinski definition) is 9. The summed E-state index contributed by atoms with van der Waals surface area (Å²) < 4.78 is 23.0. The lowest BCUT2D eigenvalue weighted by atomic mass is 10.1. The molecule has 0 aliphatic carbocycles. The first-order valence-electron chi connectivity index (χ1n) is 9.67. The molecule has 10 heteroatoms. The van der Waals surface area contributed by atoms with Gasteiger partial charge >= 0.3 is 0 Å². The molecule has 166 valence electrons. The normalized spacial score (nSPS) is 14.5. The molecular weight excluding hydrogens is 432 g/mol. The van der Waals surface area contributed by atoms with Gasteiger partial charge in [0.1, 0.15) is 0 Å². The Hall–Kier alpha value is -3.53. The van der Waals surface area contributed by atoms with E-state index in [1.807, 2.05) is 30.5 Å². The summed E-state index contributed by atoms with van der Waals surface area (Å²) in [6.07, 6.45) is 0.946. The van der Waals surface area contributed by atoms with Crippen molar-refractivity contribution < 1.29 is 23.7 Å². The Morgan fingerprint density at radius 2 is 1.78 bits per heavy atom. The molecule has 3 aromatic rings. The third-order valence-electron chi connectivity index (χ3n) is 5.03. The average Bonchev–Trinajstić information content (AvgIpc) is 2.96. The number of amides is 1. The minimum atomic E-state index is -0.906. The first-order valence-corrected chi connectivity index (χ1v) is 10.9. The predicted octanol–water partition coefficient (Wildman–Crippen LogP) is 3.73. The van der Waals surface area contributed by atoms with Crippen molar-refractivity contribution in [2.45, 2.75) is 18.3 Å². The predicted molar refractivity (Wildman–Crippen MR) is 120 cm³/mol. The minimum Gasteiger partial charge on any atom is -0.493 e. The van der Waals surface area contributed by atoms with Crippen LogP contribution in [0.15, 0.2) is 41.6 Å². The molecule has 32 heavy (non-hydrogen) atoms. The number of benzene rings is 2. The molecule has 0 saturated carbocycles. The second-order valence-corrected chi connectivity index (χ2v) is 7.53. The highest BCUT2D eigenvalue weighted by molar-refractivity contribution is 7.98. The second kappa shape index (κ2) is 8.91. The Morgan fingerprint density at radius 1 is 1.03 bits per heavy atom. The second-order valence-electron chi connectivity index (χ2n) is 6.75. The van der Waals surface area contributed by atoms with Crippen molar-refractivity contribution in [3.8, 4) is 34.4 Å². The summed E-state index contributed by atoms with van der Waals surface area (Å²) in [7, 11) is 4.58. The van der Waals surface area contributed by atoms with Crippen molar-refractivity contribution >= 4 is 23.4 Å². The van der Waals surface area contributed by atoms with Crippen molar-refractivity contribution in [1.29, 1.82) is 0 Å². The molecule has 0 spiro atoms. The maximum atomic E-state index is 12.9. The topological polar surface area (TPSA) is 95.9 Å². The van der Waals surface area contributed by atoms with Crippen LogP contribution in [0.1, 0.15) is 18.7 Å². The van der Waals surface area contributed by atoms with Crippen LogP contribution in [0.25, 0.3) is 11.3 Å². The summed E-state index contributed by atoms with van der Waals surface area (Å²) in [5.41, 5.74) is 2.32. The highest BCUT2D eigenvalue weighted by Crippen LogP contribution is 2.48. The molecule has 0 radical (unpaired) electrons. The van der Waals surface area contributed by atoms with Gasteiger partial charge in [0.25, 0.3) is 0 Å². The van der Waals surface area contributed by atoms with Crippen molar-refractivity contribution in [3.63, 3.8) is 0 Å². The first-order chi connectivity index (χ1) is 15.5. The number of carbonyl (C=O) groups is 1. The van der Waals surface area contributed by atoms with Crippen LogP contribution >= 0.6 is 11.8 Å². The number of thioether (sulfide) groups is 1. The molecule has 1 aliphatic rings. The molecule has 0 N–H and O–H groups in total. The van der Waals surface area contributed by atoms with E-state index in [0.29, 0.717) is 44.9 Å². The van der Waals surface area contributed by atoms with Crippen molar-refractivity contribution in [1.82, 2.24) is 15.2 Å². The Kier molecular flexibility index (Phi) is 6.04. The molecule has 1 aromatic heterocycles. The molecule has 1 aliphatic heterocycles. The van der Waals surface area contributed by atoms with Crippen LogP contribution in [-0.2, 0) is 4.79 Å². The van der Waals surface area contributed by atoms with Crippen molar-refractivity contribution in [2.24, 2.45) is 0 Å². The van der Waals surface area contributed by atoms with E-state index in [-0.39, 0.29) is 11.8 Å². The van der Waals surface area contributed by atoms with E-state index in [4.69, 9.17) is 18.9 Å². The maximum absolute atomic E-state index is 12.9. The molecule has 1 amide bonds. The fourth-order valence-electron chi connectivity index (χ4n) is 3.66. The Morgan fingerprint density at radius 3 is 2.44 bits per heavy atom. The standard InChI is InChI=1S/C22H22N4O5S/c1-12(27)26-15-9-7-6-8-13(15)17-20(23-22(32-5)25-24-17)31-21(26)14-10-11-16(28-2)19(30-4)18(14)29-3/h6-11,21H,1-5H3. The van der Waals surface area contributed by atoms with Gasteiger partial charge in [-0.3, -0.25) is 9.69 Å². The number of ether oxygens (including phenoxy) is 4. The lowest BCUT2D eigenvalue weighted by Crippen LogP contribution is -2.36. The maximum Gasteiger partial charge on any atom is 0.247 e. The number of hydrogen-bond donors (Lipinski definition) is 0. The van der Waals surface area contributed by atoms with E-state index < -0.39 is 6.23 Å². The van der Waals surface area contributed by atoms with E-state index in [1.54, 1.807) is 24.1 Å². The highest BCUT2D eigenvalue weighted by Gasteiger charge is 2.37. The van der Waals surface area contributed by atoms with E-state index in [0.717, 1.165) is 0 Å². The number of nitrogens with zero attached hydrogens (tertiary/aromatic N) is 4. The quantitative estimate of drug-likeness (QED) is 0.534. The highest BCUT2D eigenvalue weighted by atomic mass is 32.2. The van der Waals surface area contributed by atoms with Gasteiger partial charge in [0, 0.05) is 12.5 Å². The number of rotatable bonds is 5. The largest absolute Gasteiger partial charge is 0.493 e. The van der Waals surface area contributed by atoms with Gasteiger partial charge in [-0.15, -0.1) is 10.2 Å². The summed E-state index contributed by atoms with van der Waals surface area (Å²) >= 11 is 1.35. The van der Waals surface area contributed by atoms with E-state index in [1.165, 1.54) is 32.9 Å². The van der Waals surface area contributed by atoms with Gasteiger partial charge in [-0.25, -0.2) is 0 Å². The van der Waals surface area contributed by atoms with Crippen molar-refractivity contribution in [2.75, 3.05) is 32.5 Å². The molecule has 2 aromatic carbocycles. The fourth-order valence-corrected chi connectivity index (χ4v) is 3.96. The van der Waals surface area contributed by atoms with Gasteiger partial charge in [0.05, 0.1) is 32.6 Å². The van der Waals surface area contributed by atoms with E-state index >= 15 is 0 Å². The number of para-hydroxylation sites is 1. The van der Waals surface area contributed by atoms with Crippen LogP contribution in [-0.4, -0.2) is 48.7 Å². The van der Waals surface area contributed by atoms with Crippen molar-refractivity contribution in [3.05, 3.63) is 42.0 Å². The van der Waals surface area contributed by atoms with Gasteiger partial charge in [-0.2, -0.15) is 4.98 Å². The fraction of sp³-hybridized carbons (Fsp3) is 0.273. The van der Waals surface area contributed by atoms with Crippen LogP contribution in [0, 0.1) is 0 Å². The molecule has 0 saturated heterocycles. The van der Waals surface area contributed by atoms with E-state index in [9.17, 15) is 4.79 Å². The van der Waals surface area contributed by atoms with Crippen LogP contribution in [0.2, 0.25) is 0 Å². The molecule has 1 unspecified atom stereocenters. The number of carbonyl (C=O) groups excluding carboxylic acids is 1. The zero-order valence-corrected chi connectivity index (χ0v) is 19.1. The molecule has 2 heterocycles. The third-order valence-corrected chi connectivity index (χ3v) is 5.57. The van der Waals surface area contributed by atoms with Gasteiger partial charge in [0.15, 0.2) is 17.2 Å². The molecular formula is C22H22N4O5S. The summed E-state index contributed by atoms with van der Waals surface area (Å²) in [6, 6.07) is 10.9. The van der Waals surface area contributed by atoms with Crippen LogP contribution < -0.4 is 23.8 Å². The average molecular weight is 455 g/mol. The Labute approximate surface area is 189 Å². The monoisotopic (exact) mass is 454 g/mol. The van der Waals surface area contributed by atoms with Gasteiger partial charge in [-0.05, 0) is 24.5 Å². The van der Waals surface area contributed by atoms with E-state index in [2.05, 4.69) is 15.2 Å². The Balaban J connectivity index is 2.01. The molecule has 0 bridgehead atoms. The molecule has 1 atom stereocenters. The number of fused-ring (bicyclic) bond motifs is 3. The van der Waals surface area contributed by atoms with Crippen LogP contribution in [0.4, 0.5) is 5.69 Å². The van der Waals surface area contributed by atoms with Crippen LogP contribution in [0.5, 0.6) is 23.1 Å². The molecule has 9 nitrogen and oxygen atoms in total. The summed E-state index contributed by atoms with van der Waals surface area (Å²) in [6.45, 7) is 1.47. The molecule has 0 fully saturated rings. The minimum absolute atomic E-state index is 0.231. The lowest BCUT2D eigenvalue weighted by Gasteiger charge is -2.31. The smallest absolute Gasteiger partial charge is 0.247 e. The summed E-state index contributed by atoms with van der Waals surface area (Å²) in [5, 5.41) is 8.96.